The number of nitrogens with one attached hydrogen (secondary N) is 1. The predicted molar refractivity (Wildman–Crippen MR) is 78.5 cm³/mol. The van der Waals surface area contributed by atoms with E-state index in [0.717, 1.165) is 12.0 Å². The van der Waals surface area contributed by atoms with Crippen LogP contribution in [0.25, 0.3) is 0 Å². The Hall–Kier alpha value is -1.71. The summed E-state index contributed by atoms with van der Waals surface area (Å²) in [6.45, 7) is 1.97. The van der Waals surface area contributed by atoms with Crippen molar-refractivity contribution < 1.29 is 4.39 Å². The fraction of sp³-hybridized carbons (Fsp3) is 0.294. The first kappa shape index (κ1) is 13.3. The number of aryl methyl sites for hydroxylation is 1. The van der Waals surface area contributed by atoms with Gasteiger partial charge in [-0.1, -0.05) is 48.0 Å². The van der Waals surface area contributed by atoms with E-state index in [2.05, 4.69) is 17.6 Å². The maximum Gasteiger partial charge on any atom is 0.128 e. The zero-order valence-corrected chi connectivity index (χ0v) is 11.5. The van der Waals surface area contributed by atoms with Gasteiger partial charge in [-0.3, -0.25) is 11.3 Å². The summed E-state index contributed by atoms with van der Waals surface area (Å²) in [5, 5.41) is 0. The molecule has 104 valence electrons. The molecule has 2 aromatic carbocycles. The van der Waals surface area contributed by atoms with Crippen LogP contribution in [0.5, 0.6) is 0 Å². The molecule has 2 aromatic rings. The molecule has 3 heteroatoms. The summed E-state index contributed by atoms with van der Waals surface area (Å²) in [6.07, 6.45) is 1.05. The highest BCUT2D eigenvalue weighted by Gasteiger charge is 2.44. The summed E-state index contributed by atoms with van der Waals surface area (Å²) in [6, 6.07) is 15.4. The molecule has 0 heterocycles. The third kappa shape index (κ3) is 2.47. The molecule has 1 saturated carbocycles. The van der Waals surface area contributed by atoms with Crippen LogP contribution in [0.1, 0.15) is 35.1 Å². The molecule has 2 nitrogen and oxygen atoms in total. The molecule has 0 amide bonds. The number of hydrogen-bond donors (Lipinski definition) is 2. The van der Waals surface area contributed by atoms with Gasteiger partial charge < -0.3 is 0 Å². The van der Waals surface area contributed by atoms with E-state index < -0.39 is 0 Å². The zero-order valence-electron chi connectivity index (χ0n) is 11.5. The molecule has 0 radical (unpaired) electrons. The van der Waals surface area contributed by atoms with E-state index in [1.165, 1.54) is 11.6 Å². The van der Waals surface area contributed by atoms with Gasteiger partial charge in [0.2, 0.25) is 0 Å². The van der Waals surface area contributed by atoms with Crippen molar-refractivity contribution in [1.29, 1.82) is 0 Å². The van der Waals surface area contributed by atoms with E-state index in [1.807, 2.05) is 31.2 Å². The Morgan fingerprint density at radius 1 is 1.20 bits per heavy atom. The molecule has 3 rings (SSSR count). The second-order valence-corrected chi connectivity index (χ2v) is 5.59. The van der Waals surface area contributed by atoms with Crippen molar-refractivity contribution in [2.75, 3.05) is 0 Å². The maximum absolute atomic E-state index is 14.0. The Labute approximate surface area is 118 Å². The molecule has 0 spiro atoms. The highest BCUT2D eigenvalue weighted by atomic mass is 19.1. The predicted octanol–water partition coefficient (Wildman–Crippen LogP) is 3.44. The lowest BCUT2D eigenvalue weighted by Gasteiger charge is -2.18. The van der Waals surface area contributed by atoms with Crippen molar-refractivity contribution in [1.82, 2.24) is 5.43 Å². The first-order chi connectivity index (χ1) is 9.70. The van der Waals surface area contributed by atoms with Gasteiger partial charge in [-0.25, -0.2) is 4.39 Å². The molecule has 3 N–H and O–H groups in total. The molecule has 1 fully saturated rings. The number of rotatable bonds is 4. The van der Waals surface area contributed by atoms with Gasteiger partial charge in [0.15, 0.2) is 0 Å². The quantitative estimate of drug-likeness (QED) is 0.659. The number of benzene rings is 2. The molecular formula is C17H19FN2. The number of nitrogens with two attached hydrogens (primary N) is 1. The van der Waals surface area contributed by atoms with Gasteiger partial charge in [0.05, 0.1) is 6.04 Å². The Balaban J connectivity index is 1.84. The number of hydrogen-bond acceptors (Lipinski definition) is 2. The standard InChI is InChI=1S/C17H19FN2/c1-11-7-8-16(18)15(9-11)17(20-19)14-10-13(14)12-5-3-2-4-6-12/h2-9,13-14,17,20H,10,19H2,1H3. The summed E-state index contributed by atoms with van der Waals surface area (Å²) in [4.78, 5) is 0. The fourth-order valence-corrected chi connectivity index (χ4v) is 3.01. The normalized spacial score (nSPS) is 22.6. The van der Waals surface area contributed by atoms with Gasteiger partial charge in [0, 0.05) is 5.56 Å². The molecule has 20 heavy (non-hydrogen) atoms. The minimum atomic E-state index is -0.183. The van der Waals surface area contributed by atoms with Gasteiger partial charge in [0.1, 0.15) is 5.82 Å². The van der Waals surface area contributed by atoms with Crippen LogP contribution in [-0.2, 0) is 0 Å². The molecule has 3 unspecified atom stereocenters. The van der Waals surface area contributed by atoms with Crippen molar-refractivity contribution >= 4 is 0 Å². The van der Waals surface area contributed by atoms with Crippen LogP contribution in [0, 0.1) is 18.7 Å². The summed E-state index contributed by atoms with van der Waals surface area (Å²) >= 11 is 0. The largest absolute Gasteiger partial charge is 0.271 e. The van der Waals surface area contributed by atoms with E-state index in [0.29, 0.717) is 17.4 Å². The van der Waals surface area contributed by atoms with Crippen LogP contribution in [0.4, 0.5) is 4.39 Å². The number of hydrazine groups is 1. The summed E-state index contributed by atoms with van der Waals surface area (Å²) in [5.41, 5.74) is 5.85. The Kier molecular flexibility index (Phi) is 3.55. The Bertz CT molecular complexity index is 597. The minimum absolute atomic E-state index is 0.125. The van der Waals surface area contributed by atoms with Gasteiger partial charge in [0.25, 0.3) is 0 Å². The summed E-state index contributed by atoms with van der Waals surface area (Å²) in [7, 11) is 0. The van der Waals surface area contributed by atoms with Crippen LogP contribution in [0.3, 0.4) is 0 Å². The zero-order chi connectivity index (χ0) is 14.1. The smallest absolute Gasteiger partial charge is 0.128 e. The van der Waals surface area contributed by atoms with Crippen LogP contribution < -0.4 is 11.3 Å². The average molecular weight is 270 g/mol. The molecular weight excluding hydrogens is 251 g/mol. The second kappa shape index (κ2) is 5.35. The van der Waals surface area contributed by atoms with E-state index in [4.69, 9.17) is 5.84 Å². The van der Waals surface area contributed by atoms with Gasteiger partial charge >= 0.3 is 0 Å². The van der Waals surface area contributed by atoms with Crippen LogP contribution >= 0.6 is 0 Å². The third-order valence-electron chi connectivity index (χ3n) is 4.16. The van der Waals surface area contributed by atoms with E-state index in [1.54, 1.807) is 6.07 Å². The molecule has 0 aromatic heterocycles. The monoisotopic (exact) mass is 270 g/mol. The molecule has 1 aliphatic carbocycles. The highest BCUT2D eigenvalue weighted by molar-refractivity contribution is 5.33. The lowest BCUT2D eigenvalue weighted by molar-refractivity contribution is 0.461. The first-order valence-corrected chi connectivity index (χ1v) is 6.98. The van der Waals surface area contributed by atoms with Crippen molar-refractivity contribution in [2.45, 2.75) is 25.3 Å². The maximum atomic E-state index is 14.0. The topological polar surface area (TPSA) is 38.0 Å². The van der Waals surface area contributed by atoms with Crippen LogP contribution in [0.15, 0.2) is 48.5 Å². The molecule has 0 bridgehead atoms. The van der Waals surface area contributed by atoms with Gasteiger partial charge in [-0.2, -0.15) is 0 Å². The average Bonchev–Trinajstić information content (AvgIpc) is 3.25. The lowest BCUT2D eigenvalue weighted by atomic mass is 9.97. The van der Waals surface area contributed by atoms with E-state index in [9.17, 15) is 4.39 Å². The Morgan fingerprint density at radius 3 is 2.65 bits per heavy atom. The first-order valence-electron chi connectivity index (χ1n) is 6.98. The van der Waals surface area contributed by atoms with Crippen molar-refractivity contribution in [3.8, 4) is 0 Å². The third-order valence-corrected chi connectivity index (χ3v) is 4.16. The second-order valence-electron chi connectivity index (χ2n) is 5.59. The lowest BCUT2D eigenvalue weighted by Crippen LogP contribution is -2.30. The molecule has 1 aliphatic rings. The molecule has 0 saturated heterocycles. The van der Waals surface area contributed by atoms with Crippen molar-refractivity contribution in [3.05, 3.63) is 71.0 Å². The SMILES string of the molecule is Cc1ccc(F)c(C(NN)C2CC2c2ccccc2)c1. The van der Waals surface area contributed by atoms with E-state index in [-0.39, 0.29) is 11.9 Å². The van der Waals surface area contributed by atoms with E-state index >= 15 is 0 Å². The fourth-order valence-electron chi connectivity index (χ4n) is 3.01. The van der Waals surface area contributed by atoms with Crippen molar-refractivity contribution in [3.63, 3.8) is 0 Å². The summed E-state index contributed by atoms with van der Waals surface area (Å²) < 4.78 is 14.0. The minimum Gasteiger partial charge on any atom is -0.271 e. The Morgan fingerprint density at radius 2 is 1.95 bits per heavy atom. The van der Waals surface area contributed by atoms with Gasteiger partial charge in [-0.15, -0.1) is 0 Å². The summed E-state index contributed by atoms with van der Waals surface area (Å²) in [5.74, 6) is 6.33. The number of halogens is 1. The molecule has 0 aliphatic heterocycles. The van der Waals surface area contributed by atoms with Crippen molar-refractivity contribution in [2.24, 2.45) is 11.8 Å². The van der Waals surface area contributed by atoms with Gasteiger partial charge in [-0.05, 0) is 36.8 Å². The van der Waals surface area contributed by atoms with Crippen LogP contribution in [-0.4, -0.2) is 0 Å². The highest BCUT2D eigenvalue weighted by Crippen LogP contribution is 2.54. The van der Waals surface area contributed by atoms with Crippen LogP contribution in [0.2, 0.25) is 0 Å². The molecule has 3 atom stereocenters.